The molecule has 0 amide bonds. The van der Waals surface area contributed by atoms with Crippen molar-refractivity contribution >= 4 is 33.5 Å². The molecule has 0 spiro atoms. The molecular weight excluding hydrogens is 496 g/mol. The van der Waals surface area contributed by atoms with Crippen LogP contribution in [0.4, 0.5) is 0 Å². The normalized spacial score (nSPS) is 10.5. The van der Waals surface area contributed by atoms with Crippen LogP contribution in [0.1, 0.15) is 15.9 Å². The lowest BCUT2D eigenvalue weighted by Gasteiger charge is -2.14. The second-order valence-corrected chi connectivity index (χ2v) is 9.01. The van der Waals surface area contributed by atoms with E-state index in [0.717, 1.165) is 26.9 Å². The molecule has 33 heavy (non-hydrogen) atoms. The van der Waals surface area contributed by atoms with Crippen molar-refractivity contribution in [1.82, 2.24) is 4.98 Å². The smallest absolute Gasteiger partial charge is 0.173 e. The standard InChI is InChI=1S/C27H19BrN2O2S/c1-32-26-10-6-5-9-21(26)22-15-24(18-7-3-2-4-8-18)30-27(23(22)16-29)33-17-25(31)19-11-13-20(28)14-12-19/h2-15H,17H2,1H3. The first-order chi connectivity index (χ1) is 16.1. The molecule has 0 bridgehead atoms. The van der Waals surface area contributed by atoms with E-state index in [2.05, 4.69) is 22.0 Å². The molecule has 0 aliphatic heterocycles. The number of methoxy groups -OCH3 is 1. The number of benzene rings is 3. The van der Waals surface area contributed by atoms with E-state index in [1.54, 1.807) is 19.2 Å². The van der Waals surface area contributed by atoms with E-state index in [9.17, 15) is 10.1 Å². The zero-order valence-corrected chi connectivity index (χ0v) is 20.2. The second-order valence-electron chi connectivity index (χ2n) is 7.13. The maximum absolute atomic E-state index is 12.8. The Morgan fingerprint density at radius 2 is 1.70 bits per heavy atom. The summed E-state index contributed by atoms with van der Waals surface area (Å²) in [7, 11) is 1.61. The van der Waals surface area contributed by atoms with Crippen LogP contribution in [0.25, 0.3) is 22.4 Å². The van der Waals surface area contributed by atoms with Gasteiger partial charge < -0.3 is 4.74 Å². The lowest BCUT2D eigenvalue weighted by Crippen LogP contribution is -2.04. The molecule has 4 nitrogen and oxygen atoms in total. The van der Waals surface area contributed by atoms with Gasteiger partial charge in [-0.25, -0.2) is 4.98 Å². The first-order valence-electron chi connectivity index (χ1n) is 10.2. The predicted octanol–water partition coefficient (Wildman–Crippen LogP) is 7.03. The van der Waals surface area contributed by atoms with Crippen molar-refractivity contribution in [2.75, 3.05) is 12.9 Å². The highest BCUT2D eigenvalue weighted by Gasteiger charge is 2.19. The quantitative estimate of drug-likeness (QED) is 0.195. The number of ketones is 1. The zero-order chi connectivity index (χ0) is 23.2. The number of rotatable bonds is 7. The molecule has 0 aliphatic rings. The van der Waals surface area contributed by atoms with Crippen LogP contribution in [0, 0.1) is 11.3 Å². The minimum absolute atomic E-state index is 0.0258. The number of carbonyl (C=O) groups is 1. The van der Waals surface area contributed by atoms with Gasteiger partial charge in [0.15, 0.2) is 5.78 Å². The van der Waals surface area contributed by atoms with E-state index in [1.165, 1.54) is 11.8 Å². The van der Waals surface area contributed by atoms with Gasteiger partial charge in [0.25, 0.3) is 0 Å². The number of nitrogens with zero attached hydrogens (tertiary/aromatic N) is 2. The van der Waals surface area contributed by atoms with Gasteiger partial charge >= 0.3 is 0 Å². The number of hydrogen-bond donors (Lipinski definition) is 0. The first kappa shape index (κ1) is 22.8. The maximum Gasteiger partial charge on any atom is 0.173 e. The number of para-hydroxylation sites is 1. The van der Waals surface area contributed by atoms with Crippen molar-refractivity contribution in [3.63, 3.8) is 0 Å². The Kier molecular flexibility index (Phi) is 7.23. The summed E-state index contributed by atoms with van der Waals surface area (Å²) < 4.78 is 6.47. The minimum Gasteiger partial charge on any atom is -0.496 e. The average molecular weight is 515 g/mol. The van der Waals surface area contributed by atoms with Crippen LogP contribution >= 0.6 is 27.7 Å². The molecule has 4 aromatic rings. The third-order valence-electron chi connectivity index (χ3n) is 5.07. The molecule has 0 atom stereocenters. The van der Waals surface area contributed by atoms with Crippen LogP contribution in [-0.2, 0) is 0 Å². The van der Waals surface area contributed by atoms with Gasteiger partial charge in [-0.05, 0) is 24.3 Å². The molecule has 0 unspecified atom stereocenters. The van der Waals surface area contributed by atoms with Gasteiger partial charge in [0.2, 0.25) is 0 Å². The van der Waals surface area contributed by atoms with E-state index < -0.39 is 0 Å². The van der Waals surface area contributed by atoms with Gasteiger partial charge in [-0.15, -0.1) is 0 Å². The fraction of sp³-hybridized carbons (Fsp3) is 0.0741. The second kappa shape index (κ2) is 10.5. The fourth-order valence-electron chi connectivity index (χ4n) is 3.42. The van der Waals surface area contributed by atoms with E-state index in [-0.39, 0.29) is 11.5 Å². The average Bonchev–Trinajstić information content (AvgIpc) is 2.87. The molecule has 0 aliphatic carbocycles. The van der Waals surface area contributed by atoms with Crippen molar-refractivity contribution in [1.29, 1.82) is 5.26 Å². The van der Waals surface area contributed by atoms with E-state index in [0.29, 0.717) is 21.9 Å². The van der Waals surface area contributed by atoms with Crippen LogP contribution in [-0.4, -0.2) is 23.6 Å². The van der Waals surface area contributed by atoms with Crippen molar-refractivity contribution in [2.24, 2.45) is 0 Å². The molecule has 4 rings (SSSR count). The number of thioether (sulfide) groups is 1. The van der Waals surface area contributed by atoms with Crippen molar-refractivity contribution in [3.8, 4) is 34.2 Å². The summed E-state index contributed by atoms with van der Waals surface area (Å²) in [4.78, 5) is 17.5. The summed E-state index contributed by atoms with van der Waals surface area (Å²) in [5, 5.41) is 10.6. The Hall–Kier alpha value is -3.40. The third-order valence-corrected chi connectivity index (χ3v) is 6.57. The van der Waals surface area contributed by atoms with Crippen LogP contribution in [0.2, 0.25) is 0 Å². The zero-order valence-electron chi connectivity index (χ0n) is 17.8. The molecular formula is C27H19BrN2O2S. The van der Waals surface area contributed by atoms with Gasteiger partial charge in [0.05, 0.1) is 24.1 Å². The Bertz CT molecular complexity index is 1330. The van der Waals surface area contributed by atoms with Gasteiger partial charge in [-0.3, -0.25) is 4.79 Å². The van der Waals surface area contributed by atoms with Gasteiger partial charge in [0.1, 0.15) is 16.8 Å². The van der Waals surface area contributed by atoms with Crippen LogP contribution in [0.5, 0.6) is 5.75 Å². The number of ether oxygens (including phenoxy) is 1. The SMILES string of the molecule is COc1ccccc1-c1cc(-c2ccccc2)nc(SCC(=O)c2ccc(Br)cc2)c1C#N. The van der Waals surface area contributed by atoms with Crippen molar-refractivity contribution < 1.29 is 9.53 Å². The predicted molar refractivity (Wildman–Crippen MR) is 136 cm³/mol. The molecule has 1 heterocycles. The summed E-state index contributed by atoms with van der Waals surface area (Å²) in [6, 6.07) is 28.8. The summed E-state index contributed by atoms with van der Waals surface area (Å²) >= 11 is 4.66. The number of carbonyl (C=O) groups excluding carboxylic acids is 1. The molecule has 0 saturated heterocycles. The number of Topliss-reactive ketones (excluding diaryl/α,β-unsaturated/α-hetero) is 1. The van der Waals surface area contributed by atoms with Crippen LogP contribution in [0.15, 0.2) is 94.4 Å². The number of halogens is 1. The monoisotopic (exact) mass is 514 g/mol. The highest BCUT2D eigenvalue weighted by atomic mass is 79.9. The fourth-order valence-corrected chi connectivity index (χ4v) is 4.59. The van der Waals surface area contributed by atoms with Crippen molar-refractivity contribution in [2.45, 2.75) is 5.03 Å². The Balaban J connectivity index is 1.79. The molecule has 0 N–H and O–H groups in total. The van der Waals surface area contributed by atoms with Crippen LogP contribution in [0.3, 0.4) is 0 Å². The number of pyridine rings is 1. The highest BCUT2D eigenvalue weighted by Crippen LogP contribution is 2.38. The minimum atomic E-state index is -0.0258. The summed E-state index contributed by atoms with van der Waals surface area (Å²) in [6.07, 6.45) is 0. The number of hydrogen-bond acceptors (Lipinski definition) is 5. The summed E-state index contributed by atoms with van der Waals surface area (Å²) in [5.41, 5.74) is 4.23. The highest BCUT2D eigenvalue weighted by molar-refractivity contribution is 9.10. The first-order valence-corrected chi connectivity index (χ1v) is 11.9. The molecule has 3 aromatic carbocycles. The molecule has 6 heteroatoms. The van der Waals surface area contributed by atoms with Gasteiger partial charge in [-0.2, -0.15) is 5.26 Å². The van der Waals surface area contributed by atoms with E-state index in [4.69, 9.17) is 9.72 Å². The van der Waals surface area contributed by atoms with Gasteiger partial charge in [-0.1, -0.05) is 88.4 Å². The lowest BCUT2D eigenvalue weighted by atomic mass is 9.98. The van der Waals surface area contributed by atoms with Gasteiger partial charge in [0, 0.05) is 26.7 Å². The molecule has 0 fully saturated rings. The maximum atomic E-state index is 12.8. The summed E-state index contributed by atoms with van der Waals surface area (Å²) in [5.74, 6) is 0.815. The Morgan fingerprint density at radius 1 is 1.00 bits per heavy atom. The lowest BCUT2D eigenvalue weighted by molar-refractivity contribution is 0.102. The number of aromatic nitrogens is 1. The van der Waals surface area contributed by atoms with E-state index in [1.807, 2.05) is 72.8 Å². The summed E-state index contributed by atoms with van der Waals surface area (Å²) in [6.45, 7) is 0. The Labute approximate surface area is 205 Å². The number of nitriles is 1. The molecule has 1 aromatic heterocycles. The van der Waals surface area contributed by atoms with Crippen molar-refractivity contribution in [3.05, 3.63) is 101 Å². The molecule has 0 saturated carbocycles. The molecule has 0 radical (unpaired) electrons. The van der Waals surface area contributed by atoms with E-state index >= 15 is 0 Å². The molecule has 162 valence electrons. The largest absolute Gasteiger partial charge is 0.496 e. The topological polar surface area (TPSA) is 63.0 Å². The van der Waals surface area contributed by atoms with Crippen LogP contribution < -0.4 is 4.74 Å². The third kappa shape index (κ3) is 5.16. The Morgan fingerprint density at radius 3 is 2.39 bits per heavy atom.